The van der Waals surface area contributed by atoms with Crippen LogP contribution in [0.3, 0.4) is 0 Å². The monoisotopic (exact) mass is 226 g/mol. The summed E-state index contributed by atoms with van der Waals surface area (Å²) in [6, 6.07) is 0. The van der Waals surface area contributed by atoms with Gasteiger partial charge >= 0.3 is 5.97 Å². The molecular weight excluding hydrogens is 208 g/mol. The van der Waals surface area contributed by atoms with E-state index in [1.165, 1.54) is 26.2 Å². The third-order valence-corrected chi connectivity index (χ3v) is 2.51. The Hall–Kier alpha value is -1.23. The summed E-state index contributed by atoms with van der Waals surface area (Å²) in [5, 5.41) is 7.29. The Bertz CT molecular complexity index is 283. The maximum atomic E-state index is 10.9. The number of nitrogens with zero attached hydrogens (tertiary/aromatic N) is 1. The smallest absolute Gasteiger partial charge is 0.357 e. The molecule has 0 aromatic rings. The topological polar surface area (TPSA) is 71.7 Å². The van der Waals surface area contributed by atoms with Crippen LogP contribution in [0.25, 0.3) is 0 Å². The van der Waals surface area contributed by atoms with Gasteiger partial charge in [0.25, 0.3) is 0 Å². The molecule has 1 atom stereocenters. The van der Waals surface area contributed by atoms with Crippen molar-refractivity contribution in [1.82, 2.24) is 0 Å². The molecule has 1 fully saturated rings. The summed E-state index contributed by atoms with van der Waals surface area (Å²) in [5.41, 5.74) is -0.260. The average Bonchev–Trinajstić information content (AvgIpc) is 2.77. The molecule has 0 radical (unpaired) electrons. The Morgan fingerprint density at radius 1 is 1.50 bits per heavy atom. The first-order valence-electron chi connectivity index (χ1n) is 5.49. The van der Waals surface area contributed by atoms with Crippen molar-refractivity contribution in [3.8, 4) is 0 Å². The van der Waals surface area contributed by atoms with E-state index in [9.17, 15) is 4.79 Å². The van der Waals surface area contributed by atoms with E-state index in [4.69, 9.17) is 10.1 Å². The van der Waals surface area contributed by atoms with E-state index >= 15 is 0 Å². The van der Waals surface area contributed by atoms with Crippen molar-refractivity contribution < 1.29 is 14.3 Å². The number of methoxy groups -OCH3 is 1. The van der Waals surface area contributed by atoms with Crippen LogP contribution in [0.2, 0.25) is 0 Å². The molecule has 0 heterocycles. The molecule has 1 saturated carbocycles. The zero-order chi connectivity index (χ0) is 12.0. The lowest BCUT2D eigenvalue weighted by molar-refractivity contribution is -0.132. The summed E-state index contributed by atoms with van der Waals surface area (Å²) in [6.45, 7) is 1.80. The third kappa shape index (κ3) is 4.10. The number of carbonyl (C=O) groups is 1. The molecule has 1 unspecified atom stereocenters. The number of nitrogens with one attached hydrogen (secondary N) is 1. The quantitative estimate of drug-likeness (QED) is 0.571. The van der Waals surface area contributed by atoms with Crippen molar-refractivity contribution in [2.75, 3.05) is 7.11 Å². The molecule has 0 aliphatic heterocycles. The maximum Gasteiger partial charge on any atom is 0.357 e. The highest BCUT2D eigenvalue weighted by atomic mass is 16.5. The fourth-order valence-electron chi connectivity index (χ4n) is 1.68. The fourth-order valence-corrected chi connectivity index (χ4v) is 1.68. The van der Waals surface area contributed by atoms with Gasteiger partial charge in [-0.1, -0.05) is 12.8 Å². The highest BCUT2D eigenvalue weighted by Crippen LogP contribution is 2.22. The summed E-state index contributed by atoms with van der Waals surface area (Å²) in [5.74, 6) is -0.684. The van der Waals surface area contributed by atoms with Gasteiger partial charge in [0.1, 0.15) is 6.23 Å². The fraction of sp³-hybridized carbons (Fsp3) is 0.727. The molecule has 0 saturated heterocycles. The molecule has 5 nitrogen and oxygen atoms in total. The van der Waals surface area contributed by atoms with Crippen LogP contribution in [-0.2, 0) is 14.3 Å². The van der Waals surface area contributed by atoms with Crippen molar-refractivity contribution in [2.45, 2.75) is 44.9 Å². The maximum absolute atomic E-state index is 10.9. The number of esters is 1. The number of ether oxygens (including phenoxy) is 2. The minimum atomic E-state index is -0.684. The van der Waals surface area contributed by atoms with Crippen LogP contribution < -0.4 is 0 Å². The zero-order valence-corrected chi connectivity index (χ0v) is 9.73. The molecule has 0 aromatic heterocycles. The lowest BCUT2D eigenvalue weighted by Crippen LogP contribution is -2.19. The van der Waals surface area contributed by atoms with E-state index in [1.807, 2.05) is 0 Å². The van der Waals surface area contributed by atoms with Gasteiger partial charge in [-0.05, 0) is 19.8 Å². The Kier molecular flexibility index (Phi) is 5.11. The number of hydrogen-bond donors (Lipinski definition) is 1. The van der Waals surface area contributed by atoms with Crippen molar-refractivity contribution in [3.05, 3.63) is 0 Å². The lowest BCUT2D eigenvalue weighted by atomic mass is 10.3. The molecule has 5 heteroatoms. The van der Waals surface area contributed by atoms with Gasteiger partial charge in [-0.15, -0.1) is 0 Å². The summed E-state index contributed by atoms with van der Waals surface area (Å²) >= 11 is 0. The minimum absolute atomic E-state index is 0.260. The van der Waals surface area contributed by atoms with Crippen LogP contribution in [-0.4, -0.2) is 37.3 Å². The van der Waals surface area contributed by atoms with E-state index in [0.717, 1.165) is 12.8 Å². The van der Waals surface area contributed by atoms with Crippen molar-refractivity contribution >= 4 is 17.9 Å². The predicted molar refractivity (Wildman–Crippen MR) is 61.0 cm³/mol. The number of hydrogen-bond acceptors (Lipinski definition) is 5. The first-order chi connectivity index (χ1) is 7.63. The SMILES string of the molecule is COC(=O)C(=N)C=NC(C)OC1CCCC1. The molecule has 1 N–H and O–H groups in total. The van der Waals surface area contributed by atoms with Gasteiger partial charge in [0.15, 0.2) is 5.71 Å². The summed E-state index contributed by atoms with van der Waals surface area (Å²) < 4.78 is 10.0. The summed E-state index contributed by atoms with van der Waals surface area (Å²) in [7, 11) is 1.24. The van der Waals surface area contributed by atoms with Crippen LogP contribution in [0, 0.1) is 5.41 Å². The second-order valence-corrected chi connectivity index (χ2v) is 3.83. The number of carbonyl (C=O) groups excluding carboxylic acids is 1. The molecule has 1 aliphatic carbocycles. The molecule has 0 amide bonds. The number of aliphatic imine (C=N–C) groups is 1. The Balaban J connectivity index is 2.32. The van der Waals surface area contributed by atoms with E-state index in [1.54, 1.807) is 6.92 Å². The Labute approximate surface area is 95.4 Å². The highest BCUT2D eigenvalue weighted by molar-refractivity contribution is 6.58. The average molecular weight is 226 g/mol. The summed E-state index contributed by atoms with van der Waals surface area (Å²) in [4.78, 5) is 14.9. The van der Waals surface area contributed by atoms with E-state index in [0.29, 0.717) is 0 Å². The van der Waals surface area contributed by atoms with Gasteiger partial charge in [0.05, 0.1) is 19.4 Å². The van der Waals surface area contributed by atoms with Crippen LogP contribution >= 0.6 is 0 Å². The predicted octanol–water partition coefficient (Wildman–Crippen LogP) is 1.56. The third-order valence-electron chi connectivity index (χ3n) is 2.51. The highest BCUT2D eigenvalue weighted by Gasteiger charge is 2.17. The molecule has 0 bridgehead atoms. The van der Waals surface area contributed by atoms with Crippen LogP contribution in [0.5, 0.6) is 0 Å². The zero-order valence-electron chi connectivity index (χ0n) is 9.73. The minimum Gasteiger partial charge on any atom is -0.464 e. The van der Waals surface area contributed by atoms with Crippen molar-refractivity contribution in [1.29, 1.82) is 5.41 Å². The first-order valence-corrected chi connectivity index (χ1v) is 5.49. The molecule has 1 aliphatic rings. The first kappa shape index (κ1) is 12.8. The largest absolute Gasteiger partial charge is 0.464 e. The van der Waals surface area contributed by atoms with Gasteiger partial charge in [-0.25, -0.2) is 4.79 Å². The van der Waals surface area contributed by atoms with E-state index in [-0.39, 0.29) is 18.0 Å². The Morgan fingerprint density at radius 2 is 2.12 bits per heavy atom. The molecule has 0 aromatic carbocycles. The van der Waals surface area contributed by atoms with Crippen LogP contribution in [0.15, 0.2) is 4.99 Å². The standard InChI is InChI=1S/C11H18N2O3/c1-8(16-9-5-3-4-6-9)13-7-10(12)11(14)15-2/h7-9,12H,3-6H2,1-2H3. The van der Waals surface area contributed by atoms with Crippen molar-refractivity contribution in [3.63, 3.8) is 0 Å². The van der Waals surface area contributed by atoms with E-state index in [2.05, 4.69) is 9.73 Å². The normalized spacial score (nSPS) is 18.9. The van der Waals surface area contributed by atoms with Gasteiger partial charge in [-0.2, -0.15) is 0 Å². The molecular formula is C11H18N2O3. The molecule has 16 heavy (non-hydrogen) atoms. The van der Waals surface area contributed by atoms with E-state index < -0.39 is 5.97 Å². The van der Waals surface area contributed by atoms with Gasteiger partial charge < -0.3 is 9.47 Å². The molecule has 1 rings (SSSR count). The Morgan fingerprint density at radius 3 is 2.69 bits per heavy atom. The van der Waals surface area contributed by atoms with Gasteiger partial charge in [0, 0.05) is 0 Å². The van der Waals surface area contributed by atoms with Gasteiger partial charge in [0.2, 0.25) is 0 Å². The second-order valence-electron chi connectivity index (χ2n) is 3.83. The van der Waals surface area contributed by atoms with Crippen molar-refractivity contribution in [2.24, 2.45) is 4.99 Å². The van der Waals surface area contributed by atoms with Gasteiger partial charge in [-0.3, -0.25) is 10.4 Å². The molecule has 0 spiro atoms. The summed E-state index contributed by atoms with van der Waals surface area (Å²) in [6.07, 6.45) is 5.72. The van der Waals surface area contributed by atoms with Crippen LogP contribution in [0.4, 0.5) is 0 Å². The second kappa shape index (κ2) is 6.37. The van der Waals surface area contributed by atoms with Crippen LogP contribution in [0.1, 0.15) is 32.6 Å². The number of rotatable bonds is 5. The molecule has 90 valence electrons. The lowest BCUT2D eigenvalue weighted by Gasteiger charge is -2.14.